The number of amides is 1. The van der Waals surface area contributed by atoms with E-state index in [4.69, 9.17) is 9.47 Å². The van der Waals surface area contributed by atoms with Crippen molar-refractivity contribution >= 4 is 5.91 Å². The van der Waals surface area contributed by atoms with Gasteiger partial charge in [-0.15, -0.1) is 0 Å². The van der Waals surface area contributed by atoms with Gasteiger partial charge in [0.1, 0.15) is 5.76 Å². The summed E-state index contributed by atoms with van der Waals surface area (Å²) >= 11 is 0. The summed E-state index contributed by atoms with van der Waals surface area (Å²) in [6, 6.07) is 0. The minimum atomic E-state index is 0.0113. The quantitative estimate of drug-likeness (QED) is 0.621. The van der Waals surface area contributed by atoms with Crippen LogP contribution in [0, 0.1) is 11.8 Å². The molecule has 150 valence electrons. The highest BCUT2D eigenvalue weighted by atomic mass is 16.5. The number of allylic oxidation sites excluding steroid dienone is 3. The zero-order valence-corrected chi connectivity index (χ0v) is 16.9. The van der Waals surface area contributed by atoms with Gasteiger partial charge < -0.3 is 19.3 Å². The lowest BCUT2D eigenvalue weighted by atomic mass is 10.0. The Morgan fingerprint density at radius 1 is 1.26 bits per heavy atom. The Labute approximate surface area is 163 Å². The number of carbonyl (C=O) groups is 1. The Hall–Kier alpha value is -1.59. The predicted octanol–water partition coefficient (Wildman–Crippen LogP) is 3.35. The SMILES string of the molecule is C=CC1=C(/C=C\C)OCC(=O)N1CC(C)CN1CCC(OCC2CC2)CC1. The van der Waals surface area contributed by atoms with Crippen molar-refractivity contribution in [2.45, 2.75) is 45.6 Å². The molecule has 0 spiro atoms. The second kappa shape index (κ2) is 9.56. The molecule has 2 fully saturated rings. The molecule has 0 aromatic carbocycles. The van der Waals surface area contributed by atoms with Gasteiger partial charge in [0.2, 0.25) is 0 Å². The molecule has 3 aliphatic rings. The highest BCUT2D eigenvalue weighted by Crippen LogP contribution is 2.30. The van der Waals surface area contributed by atoms with E-state index in [1.807, 2.05) is 24.0 Å². The lowest BCUT2D eigenvalue weighted by Crippen LogP contribution is -2.44. The lowest BCUT2D eigenvalue weighted by molar-refractivity contribution is -0.135. The van der Waals surface area contributed by atoms with E-state index in [-0.39, 0.29) is 12.5 Å². The minimum Gasteiger partial charge on any atom is -0.482 e. The third-order valence-electron chi connectivity index (χ3n) is 5.57. The molecule has 0 radical (unpaired) electrons. The predicted molar refractivity (Wildman–Crippen MR) is 107 cm³/mol. The first-order valence-corrected chi connectivity index (χ1v) is 10.4. The van der Waals surface area contributed by atoms with Crippen molar-refractivity contribution in [1.29, 1.82) is 0 Å². The molecule has 3 rings (SSSR count). The van der Waals surface area contributed by atoms with Gasteiger partial charge in [0, 0.05) is 32.8 Å². The van der Waals surface area contributed by atoms with Crippen LogP contribution in [0.5, 0.6) is 0 Å². The standard InChI is InChI=1S/C22H34N2O3/c1-4-6-21-20(5-2)24(22(25)16-27-21)14-17(3)13-23-11-9-19(10-12-23)26-15-18-7-8-18/h4-6,17-19H,2,7-16H2,1,3H3/b6-4-. The van der Waals surface area contributed by atoms with E-state index in [0.29, 0.717) is 18.6 Å². The van der Waals surface area contributed by atoms with Crippen LogP contribution in [0.15, 0.2) is 36.3 Å². The van der Waals surface area contributed by atoms with Gasteiger partial charge in [0.15, 0.2) is 6.61 Å². The van der Waals surface area contributed by atoms with Crippen LogP contribution in [0.2, 0.25) is 0 Å². The van der Waals surface area contributed by atoms with E-state index in [2.05, 4.69) is 18.4 Å². The fourth-order valence-corrected chi connectivity index (χ4v) is 3.88. The number of hydrogen-bond acceptors (Lipinski definition) is 4. The Morgan fingerprint density at radius 2 is 2.00 bits per heavy atom. The van der Waals surface area contributed by atoms with Crippen LogP contribution >= 0.6 is 0 Å². The second-order valence-corrected chi connectivity index (χ2v) is 8.13. The summed E-state index contributed by atoms with van der Waals surface area (Å²) in [6.45, 7) is 13.0. The van der Waals surface area contributed by atoms with Crippen LogP contribution in [-0.4, -0.2) is 61.2 Å². The molecule has 0 aromatic rings. The molecule has 1 unspecified atom stereocenters. The average Bonchev–Trinajstić information content (AvgIpc) is 3.49. The summed E-state index contributed by atoms with van der Waals surface area (Å²) < 4.78 is 11.6. The minimum absolute atomic E-state index is 0.0113. The Kier molecular flexibility index (Phi) is 7.13. The van der Waals surface area contributed by atoms with E-state index < -0.39 is 0 Å². The second-order valence-electron chi connectivity index (χ2n) is 8.13. The molecule has 2 aliphatic heterocycles. The highest BCUT2D eigenvalue weighted by Gasteiger charge is 2.29. The van der Waals surface area contributed by atoms with Gasteiger partial charge in [0.05, 0.1) is 11.8 Å². The van der Waals surface area contributed by atoms with Crippen LogP contribution < -0.4 is 0 Å². The molecule has 2 heterocycles. The van der Waals surface area contributed by atoms with E-state index in [1.54, 1.807) is 6.08 Å². The van der Waals surface area contributed by atoms with Crippen molar-refractivity contribution < 1.29 is 14.3 Å². The van der Waals surface area contributed by atoms with E-state index >= 15 is 0 Å². The monoisotopic (exact) mass is 374 g/mol. The Balaban J connectivity index is 1.47. The first-order valence-electron chi connectivity index (χ1n) is 10.4. The number of rotatable bonds is 9. The van der Waals surface area contributed by atoms with Crippen molar-refractivity contribution in [1.82, 2.24) is 9.80 Å². The summed E-state index contributed by atoms with van der Waals surface area (Å²) in [5, 5.41) is 0. The van der Waals surface area contributed by atoms with Gasteiger partial charge in [-0.1, -0.05) is 19.6 Å². The smallest absolute Gasteiger partial charge is 0.265 e. The van der Waals surface area contributed by atoms with Crippen molar-refractivity contribution in [3.63, 3.8) is 0 Å². The lowest BCUT2D eigenvalue weighted by Gasteiger charge is -2.36. The van der Waals surface area contributed by atoms with E-state index in [1.165, 1.54) is 12.8 Å². The van der Waals surface area contributed by atoms with Crippen molar-refractivity contribution in [2.24, 2.45) is 11.8 Å². The molecule has 1 saturated carbocycles. The van der Waals surface area contributed by atoms with Gasteiger partial charge in [-0.25, -0.2) is 0 Å². The molecule has 27 heavy (non-hydrogen) atoms. The number of ether oxygens (including phenoxy) is 2. The van der Waals surface area contributed by atoms with Crippen LogP contribution in [0.4, 0.5) is 0 Å². The number of piperidine rings is 1. The molecule has 5 heteroatoms. The van der Waals surface area contributed by atoms with Crippen LogP contribution in [-0.2, 0) is 14.3 Å². The summed E-state index contributed by atoms with van der Waals surface area (Å²) in [4.78, 5) is 16.7. The van der Waals surface area contributed by atoms with Crippen molar-refractivity contribution in [3.05, 3.63) is 36.3 Å². The number of hydrogen-bond donors (Lipinski definition) is 0. The first kappa shape index (κ1) is 20.2. The van der Waals surface area contributed by atoms with E-state index in [0.717, 1.165) is 56.5 Å². The van der Waals surface area contributed by atoms with Gasteiger partial charge in [0.25, 0.3) is 5.91 Å². The van der Waals surface area contributed by atoms with Crippen LogP contribution in [0.1, 0.15) is 39.5 Å². The Bertz CT molecular complexity index is 586. The largest absolute Gasteiger partial charge is 0.482 e. The zero-order valence-electron chi connectivity index (χ0n) is 16.9. The fourth-order valence-electron chi connectivity index (χ4n) is 3.88. The van der Waals surface area contributed by atoms with Gasteiger partial charge in [-0.2, -0.15) is 0 Å². The first-order chi connectivity index (χ1) is 13.1. The fraction of sp³-hybridized carbons (Fsp3) is 0.682. The maximum atomic E-state index is 12.4. The van der Waals surface area contributed by atoms with Crippen LogP contribution in [0.25, 0.3) is 0 Å². The third kappa shape index (κ3) is 5.69. The summed E-state index contributed by atoms with van der Waals surface area (Å²) in [5.41, 5.74) is 0.781. The Morgan fingerprint density at radius 3 is 2.63 bits per heavy atom. The van der Waals surface area contributed by atoms with Gasteiger partial charge in [-0.05, 0) is 56.6 Å². The van der Waals surface area contributed by atoms with Crippen molar-refractivity contribution in [3.8, 4) is 0 Å². The molecule has 1 saturated heterocycles. The van der Waals surface area contributed by atoms with Crippen molar-refractivity contribution in [2.75, 3.05) is 39.4 Å². The summed E-state index contributed by atoms with van der Waals surface area (Å²) in [5.74, 6) is 1.97. The molecular formula is C22H34N2O3. The molecule has 0 N–H and O–H groups in total. The molecular weight excluding hydrogens is 340 g/mol. The van der Waals surface area contributed by atoms with E-state index in [9.17, 15) is 4.79 Å². The topological polar surface area (TPSA) is 42.0 Å². The number of likely N-dealkylation sites (tertiary alicyclic amines) is 1. The molecule has 0 aromatic heterocycles. The highest BCUT2D eigenvalue weighted by molar-refractivity contribution is 5.81. The normalized spacial score (nSPS) is 23.8. The number of nitrogens with zero attached hydrogens (tertiary/aromatic N) is 2. The number of carbonyl (C=O) groups excluding carboxylic acids is 1. The van der Waals surface area contributed by atoms with Crippen LogP contribution in [0.3, 0.4) is 0 Å². The molecule has 1 amide bonds. The van der Waals surface area contributed by atoms with Gasteiger partial charge >= 0.3 is 0 Å². The molecule has 1 atom stereocenters. The maximum absolute atomic E-state index is 12.4. The van der Waals surface area contributed by atoms with Gasteiger partial charge in [-0.3, -0.25) is 4.79 Å². The zero-order chi connectivity index (χ0) is 19.2. The maximum Gasteiger partial charge on any atom is 0.265 e. The molecule has 0 bridgehead atoms. The summed E-state index contributed by atoms with van der Waals surface area (Å²) in [7, 11) is 0. The molecule has 1 aliphatic carbocycles. The average molecular weight is 375 g/mol. The summed E-state index contributed by atoms with van der Waals surface area (Å²) in [6.07, 6.45) is 10.9. The molecule has 5 nitrogen and oxygen atoms in total. The third-order valence-corrected chi connectivity index (χ3v) is 5.57.